The van der Waals surface area contributed by atoms with Crippen molar-refractivity contribution in [2.24, 2.45) is 0 Å². The predicted molar refractivity (Wildman–Crippen MR) is 64.6 cm³/mol. The molecular formula is C13H8ClF3O2. The summed E-state index contributed by atoms with van der Waals surface area (Å²) in [6.07, 6.45) is -4.55. The standard InChI is InChI=1S/C13H8ClF3O2/c14-9-2-1-3-11(6-9)19-12-5-8(13(15,16)17)4-10(18)7-12/h1-7,18H. The number of benzene rings is 2. The van der Waals surface area contributed by atoms with Crippen LogP contribution in [-0.2, 0) is 6.18 Å². The van der Waals surface area contributed by atoms with Gasteiger partial charge in [0.25, 0.3) is 0 Å². The van der Waals surface area contributed by atoms with Crippen LogP contribution in [0, 0.1) is 0 Å². The lowest BCUT2D eigenvalue weighted by Crippen LogP contribution is -2.04. The van der Waals surface area contributed by atoms with Gasteiger partial charge in [0.15, 0.2) is 0 Å². The van der Waals surface area contributed by atoms with Crippen LogP contribution in [0.4, 0.5) is 13.2 Å². The van der Waals surface area contributed by atoms with Gasteiger partial charge in [-0.15, -0.1) is 0 Å². The molecule has 1 N–H and O–H groups in total. The maximum atomic E-state index is 12.6. The maximum Gasteiger partial charge on any atom is 0.416 e. The van der Waals surface area contributed by atoms with Crippen molar-refractivity contribution >= 4 is 11.6 Å². The van der Waals surface area contributed by atoms with Crippen LogP contribution in [-0.4, -0.2) is 5.11 Å². The lowest BCUT2D eigenvalue weighted by Gasteiger charge is -2.11. The van der Waals surface area contributed by atoms with Gasteiger partial charge in [-0.3, -0.25) is 0 Å². The van der Waals surface area contributed by atoms with Crippen LogP contribution < -0.4 is 4.74 Å². The molecule has 6 heteroatoms. The van der Waals surface area contributed by atoms with E-state index >= 15 is 0 Å². The van der Waals surface area contributed by atoms with E-state index in [1.165, 1.54) is 6.07 Å². The molecule has 0 spiro atoms. The molecule has 0 amide bonds. The van der Waals surface area contributed by atoms with Gasteiger partial charge in [-0.25, -0.2) is 0 Å². The van der Waals surface area contributed by atoms with E-state index in [9.17, 15) is 18.3 Å². The number of phenolic OH excluding ortho intramolecular Hbond substituents is 1. The van der Waals surface area contributed by atoms with E-state index in [2.05, 4.69) is 0 Å². The monoisotopic (exact) mass is 288 g/mol. The minimum Gasteiger partial charge on any atom is -0.508 e. The van der Waals surface area contributed by atoms with Gasteiger partial charge in [0, 0.05) is 11.1 Å². The molecule has 0 saturated carbocycles. The molecule has 2 aromatic carbocycles. The van der Waals surface area contributed by atoms with Gasteiger partial charge in [0.1, 0.15) is 17.2 Å². The van der Waals surface area contributed by atoms with Crippen molar-refractivity contribution in [3.05, 3.63) is 53.1 Å². The molecule has 0 aliphatic heterocycles. The Morgan fingerprint density at radius 1 is 1.00 bits per heavy atom. The summed E-state index contributed by atoms with van der Waals surface area (Å²) in [5.41, 5.74) is -0.982. The number of aromatic hydroxyl groups is 1. The van der Waals surface area contributed by atoms with Crippen molar-refractivity contribution in [1.29, 1.82) is 0 Å². The first kappa shape index (κ1) is 13.5. The third kappa shape index (κ3) is 3.54. The molecule has 0 heterocycles. The van der Waals surface area contributed by atoms with Crippen LogP contribution in [0.2, 0.25) is 5.02 Å². The van der Waals surface area contributed by atoms with Crippen LogP contribution in [0.5, 0.6) is 17.2 Å². The zero-order valence-electron chi connectivity index (χ0n) is 9.41. The summed E-state index contributed by atoms with van der Waals surface area (Å²) in [5, 5.41) is 9.68. The van der Waals surface area contributed by atoms with Crippen molar-refractivity contribution in [3.63, 3.8) is 0 Å². The fourth-order valence-corrected chi connectivity index (χ4v) is 1.65. The Kier molecular flexibility index (Phi) is 3.57. The summed E-state index contributed by atoms with van der Waals surface area (Å²) < 4.78 is 42.9. The molecule has 0 unspecified atom stereocenters. The largest absolute Gasteiger partial charge is 0.508 e. The van der Waals surface area contributed by atoms with Crippen molar-refractivity contribution in [3.8, 4) is 17.2 Å². The van der Waals surface area contributed by atoms with Crippen LogP contribution >= 0.6 is 11.6 Å². The SMILES string of the molecule is Oc1cc(Oc2cccc(Cl)c2)cc(C(F)(F)F)c1. The van der Waals surface area contributed by atoms with E-state index in [1.54, 1.807) is 18.2 Å². The van der Waals surface area contributed by atoms with Crippen molar-refractivity contribution in [2.45, 2.75) is 6.18 Å². The van der Waals surface area contributed by atoms with Crippen molar-refractivity contribution in [1.82, 2.24) is 0 Å². The molecule has 0 bridgehead atoms. The van der Waals surface area contributed by atoms with Crippen LogP contribution in [0.25, 0.3) is 0 Å². The minimum absolute atomic E-state index is 0.116. The summed E-state index contributed by atoms with van der Waals surface area (Å²) in [6.45, 7) is 0. The third-order valence-corrected chi connectivity index (χ3v) is 2.49. The highest BCUT2D eigenvalue weighted by atomic mass is 35.5. The zero-order chi connectivity index (χ0) is 14.0. The van der Waals surface area contributed by atoms with Gasteiger partial charge < -0.3 is 9.84 Å². The lowest BCUT2D eigenvalue weighted by molar-refractivity contribution is -0.137. The fourth-order valence-electron chi connectivity index (χ4n) is 1.47. The van der Waals surface area contributed by atoms with Gasteiger partial charge in [0.2, 0.25) is 0 Å². The Morgan fingerprint density at radius 2 is 1.74 bits per heavy atom. The Bertz CT molecular complexity index is 597. The summed E-state index contributed by atoms with van der Waals surface area (Å²) in [4.78, 5) is 0. The average Bonchev–Trinajstić information content (AvgIpc) is 2.26. The summed E-state index contributed by atoms with van der Waals surface area (Å²) in [7, 11) is 0. The molecule has 19 heavy (non-hydrogen) atoms. The Morgan fingerprint density at radius 3 is 2.37 bits per heavy atom. The van der Waals surface area contributed by atoms with Gasteiger partial charge in [-0.05, 0) is 30.3 Å². The molecule has 0 aromatic heterocycles. The molecule has 0 aliphatic carbocycles. The highest BCUT2D eigenvalue weighted by molar-refractivity contribution is 6.30. The third-order valence-electron chi connectivity index (χ3n) is 2.25. The minimum atomic E-state index is -4.55. The van der Waals surface area contributed by atoms with E-state index in [1.807, 2.05) is 0 Å². The molecular weight excluding hydrogens is 281 g/mol. The van der Waals surface area contributed by atoms with Crippen molar-refractivity contribution in [2.75, 3.05) is 0 Å². The van der Waals surface area contributed by atoms with Crippen LogP contribution in [0.15, 0.2) is 42.5 Å². The zero-order valence-corrected chi connectivity index (χ0v) is 10.2. The van der Waals surface area contributed by atoms with Crippen LogP contribution in [0.1, 0.15) is 5.56 Å². The Hall–Kier alpha value is -1.88. The van der Waals surface area contributed by atoms with Gasteiger partial charge >= 0.3 is 6.18 Å². The second kappa shape index (κ2) is 5.01. The number of hydrogen-bond acceptors (Lipinski definition) is 2. The number of alkyl halides is 3. The van der Waals surface area contributed by atoms with E-state index in [0.717, 1.165) is 12.1 Å². The van der Waals surface area contributed by atoms with Gasteiger partial charge in [0.05, 0.1) is 5.56 Å². The lowest BCUT2D eigenvalue weighted by atomic mass is 10.2. The topological polar surface area (TPSA) is 29.5 Å². The Labute approximate surface area is 112 Å². The predicted octanol–water partition coefficient (Wildman–Crippen LogP) is 4.86. The first-order valence-corrected chi connectivity index (χ1v) is 5.57. The Balaban J connectivity index is 2.33. The normalized spacial score (nSPS) is 11.4. The quantitative estimate of drug-likeness (QED) is 0.855. The number of rotatable bonds is 2. The van der Waals surface area contributed by atoms with Crippen molar-refractivity contribution < 1.29 is 23.0 Å². The highest BCUT2D eigenvalue weighted by Crippen LogP contribution is 2.36. The molecule has 2 rings (SSSR count). The van der Waals surface area contributed by atoms with Gasteiger partial charge in [-0.1, -0.05) is 17.7 Å². The number of hydrogen-bond donors (Lipinski definition) is 1. The summed E-state index contributed by atoms with van der Waals surface area (Å²) in [5.74, 6) is -0.354. The number of halogens is 4. The molecule has 0 atom stereocenters. The molecule has 100 valence electrons. The molecule has 0 aliphatic rings. The molecule has 2 nitrogen and oxygen atoms in total. The smallest absolute Gasteiger partial charge is 0.416 e. The first-order valence-electron chi connectivity index (χ1n) is 5.19. The number of phenols is 1. The van der Waals surface area contributed by atoms with E-state index in [-0.39, 0.29) is 11.5 Å². The second-order valence-corrected chi connectivity index (χ2v) is 4.21. The second-order valence-electron chi connectivity index (χ2n) is 3.77. The number of ether oxygens (including phenoxy) is 1. The maximum absolute atomic E-state index is 12.6. The average molecular weight is 289 g/mol. The molecule has 2 aromatic rings. The van der Waals surface area contributed by atoms with E-state index in [0.29, 0.717) is 11.1 Å². The first-order chi connectivity index (χ1) is 8.84. The molecule has 0 fully saturated rings. The summed E-state index contributed by atoms with van der Waals surface area (Å²) in [6, 6.07) is 8.74. The van der Waals surface area contributed by atoms with Gasteiger partial charge in [-0.2, -0.15) is 13.2 Å². The van der Waals surface area contributed by atoms with E-state index < -0.39 is 17.5 Å². The molecule has 0 radical (unpaired) electrons. The summed E-state index contributed by atoms with van der Waals surface area (Å²) >= 11 is 5.74. The van der Waals surface area contributed by atoms with E-state index in [4.69, 9.17) is 16.3 Å². The fraction of sp³-hybridized carbons (Fsp3) is 0.0769. The molecule has 0 saturated heterocycles. The highest BCUT2D eigenvalue weighted by Gasteiger charge is 2.31. The van der Waals surface area contributed by atoms with Crippen LogP contribution in [0.3, 0.4) is 0 Å².